The van der Waals surface area contributed by atoms with E-state index in [1.807, 2.05) is 0 Å². The monoisotopic (exact) mass is 280 g/mol. The molecule has 1 aliphatic heterocycles. The molecular weight excluding hydrogens is 262 g/mol. The molecule has 1 aromatic carbocycles. The normalized spacial score (nSPS) is 16.9. The lowest BCUT2D eigenvalue weighted by molar-refractivity contribution is -0.127. The average molecular weight is 280 g/mol. The number of carbonyl (C=O) groups excluding carboxylic acids is 1. The zero-order valence-corrected chi connectivity index (χ0v) is 11.2. The number of likely N-dealkylation sites (tertiary alicyclic amines) is 1. The second kappa shape index (κ2) is 6.61. The number of piperidine rings is 1. The van der Waals surface area contributed by atoms with Crippen molar-refractivity contribution in [3.8, 4) is 0 Å². The van der Waals surface area contributed by atoms with Crippen LogP contribution in [0, 0.1) is 17.6 Å². The van der Waals surface area contributed by atoms with E-state index in [0.717, 1.165) is 12.8 Å². The van der Waals surface area contributed by atoms with Gasteiger partial charge in [-0.15, -0.1) is 0 Å². The van der Waals surface area contributed by atoms with Gasteiger partial charge in [-0.05, 0) is 43.5 Å². The SMILES string of the molecule is NCC1CCN(C(=O)C=Cc2c(F)cccc2F)CC1. The fourth-order valence-corrected chi connectivity index (χ4v) is 2.32. The van der Waals surface area contributed by atoms with E-state index in [-0.39, 0.29) is 11.5 Å². The van der Waals surface area contributed by atoms with Crippen LogP contribution < -0.4 is 5.73 Å². The largest absolute Gasteiger partial charge is 0.339 e. The molecule has 0 radical (unpaired) electrons. The molecule has 0 spiro atoms. The van der Waals surface area contributed by atoms with E-state index in [1.54, 1.807) is 4.90 Å². The smallest absolute Gasteiger partial charge is 0.246 e. The maximum Gasteiger partial charge on any atom is 0.246 e. The van der Waals surface area contributed by atoms with Gasteiger partial charge in [0.15, 0.2) is 0 Å². The quantitative estimate of drug-likeness (QED) is 0.863. The number of hydrogen-bond acceptors (Lipinski definition) is 2. The van der Waals surface area contributed by atoms with Crippen LogP contribution in [0.25, 0.3) is 6.08 Å². The number of amides is 1. The fourth-order valence-electron chi connectivity index (χ4n) is 2.32. The topological polar surface area (TPSA) is 46.3 Å². The molecule has 1 fully saturated rings. The first-order valence-corrected chi connectivity index (χ1v) is 6.73. The van der Waals surface area contributed by atoms with Crippen LogP contribution in [0.2, 0.25) is 0 Å². The van der Waals surface area contributed by atoms with Crippen molar-refractivity contribution in [2.75, 3.05) is 19.6 Å². The maximum atomic E-state index is 13.4. The van der Waals surface area contributed by atoms with Gasteiger partial charge in [-0.1, -0.05) is 6.07 Å². The summed E-state index contributed by atoms with van der Waals surface area (Å²) in [7, 11) is 0. The second-order valence-corrected chi connectivity index (χ2v) is 4.97. The second-order valence-electron chi connectivity index (χ2n) is 4.97. The fraction of sp³-hybridized carbons (Fsp3) is 0.400. The van der Waals surface area contributed by atoms with Crippen molar-refractivity contribution in [1.29, 1.82) is 0 Å². The Morgan fingerprint density at radius 3 is 2.45 bits per heavy atom. The average Bonchev–Trinajstić information content (AvgIpc) is 2.46. The van der Waals surface area contributed by atoms with Gasteiger partial charge in [0.05, 0.1) is 0 Å². The number of halogens is 2. The molecule has 0 atom stereocenters. The standard InChI is InChI=1S/C15H18F2N2O/c16-13-2-1-3-14(17)12(13)4-5-15(20)19-8-6-11(10-18)7-9-19/h1-5,11H,6-10,18H2. The molecule has 1 heterocycles. The van der Waals surface area contributed by atoms with E-state index >= 15 is 0 Å². The van der Waals surface area contributed by atoms with E-state index in [2.05, 4.69) is 0 Å². The molecule has 1 aliphatic rings. The van der Waals surface area contributed by atoms with Crippen LogP contribution in [0.15, 0.2) is 24.3 Å². The molecule has 2 rings (SSSR count). The van der Waals surface area contributed by atoms with Gasteiger partial charge in [0, 0.05) is 24.7 Å². The lowest BCUT2D eigenvalue weighted by Gasteiger charge is -2.30. The summed E-state index contributed by atoms with van der Waals surface area (Å²) in [5.74, 6) is -1.10. The Labute approximate surface area is 117 Å². The molecule has 0 aliphatic carbocycles. The van der Waals surface area contributed by atoms with E-state index in [0.29, 0.717) is 25.6 Å². The van der Waals surface area contributed by atoms with Gasteiger partial charge in [0.2, 0.25) is 5.91 Å². The van der Waals surface area contributed by atoms with Crippen LogP contribution in [0.1, 0.15) is 18.4 Å². The Bertz CT molecular complexity index is 488. The van der Waals surface area contributed by atoms with E-state index in [9.17, 15) is 13.6 Å². The Kier molecular flexibility index (Phi) is 4.84. The predicted octanol–water partition coefficient (Wildman–Crippen LogP) is 2.18. The summed E-state index contributed by atoms with van der Waals surface area (Å²) in [6.45, 7) is 1.92. The van der Waals surface area contributed by atoms with E-state index < -0.39 is 11.6 Å². The first-order chi connectivity index (χ1) is 9.61. The van der Waals surface area contributed by atoms with Gasteiger partial charge < -0.3 is 10.6 Å². The van der Waals surface area contributed by atoms with Crippen LogP contribution in [0.5, 0.6) is 0 Å². The highest BCUT2D eigenvalue weighted by molar-refractivity contribution is 5.91. The highest BCUT2D eigenvalue weighted by Gasteiger charge is 2.20. The third-order valence-electron chi connectivity index (χ3n) is 3.65. The molecule has 108 valence electrons. The molecular formula is C15H18F2N2O. The summed E-state index contributed by atoms with van der Waals surface area (Å²) in [5.41, 5.74) is 5.41. The van der Waals surface area contributed by atoms with Crippen molar-refractivity contribution in [1.82, 2.24) is 4.90 Å². The zero-order chi connectivity index (χ0) is 14.5. The predicted molar refractivity (Wildman–Crippen MR) is 73.8 cm³/mol. The van der Waals surface area contributed by atoms with Crippen LogP contribution in [-0.2, 0) is 4.79 Å². The van der Waals surface area contributed by atoms with Crippen molar-refractivity contribution in [3.63, 3.8) is 0 Å². The molecule has 20 heavy (non-hydrogen) atoms. The Balaban J connectivity index is 2.00. The lowest BCUT2D eigenvalue weighted by Crippen LogP contribution is -2.39. The maximum absolute atomic E-state index is 13.4. The summed E-state index contributed by atoms with van der Waals surface area (Å²) in [5, 5.41) is 0. The Morgan fingerprint density at radius 1 is 1.30 bits per heavy atom. The van der Waals surface area contributed by atoms with Gasteiger partial charge in [-0.3, -0.25) is 4.79 Å². The lowest BCUT2D eigenvalue weighted by atomic mass is 9.97. The number of nitrogens with two attached hydrogens (primary N) is 1. The van der Waals surface area contributed by atoms with Crippen molar-refractivity contribution in [2.24, 2.45) is 11.7 Å². The highest BCUT2D eigenvalue weighted by Crippen LogP contribution is 2.17. The summed E-state index contributed by atoms with van der Waals surface area (Å²) in [4.78, 5) is 13.6. The highest BCUT2D eigenvalue weighted by atomic mass is 19.1. The third-order valence-corrected chi connectivity index (χ3v) is 3.65. The van der Waals surface area contributed by atoms with Crippen molar-refractivity contribution < 1.29 is 13.6 Å². The van der Waals surface area contributed by atoms with Gasteiger partial charge in [-0.25, -0.2) is 8.78 Å². The summed E-state index contributed by atoms with van der Waals surface area (Å²) in [6, 6.07) is 3.63. The summed E-state index contributed by atoms with van der Waals surface area (Å²) >= 11 is 0. The molecule has 1 aromatic rings. The zero-order valence-electron chi connectivity index (χ0n) is 11.2. The van der Waals surface area contributed by atoms with E-state index in [1.165, 1.54) is 30.4 Å². The van der Waals surface area contributed by atoms with Crippen LogP contribution in [0.3, 0.4) is 0 Å². The van der Waals surface area contributed by atoms with Crippen molar-refractivity contribution in [3.05, 3.63) is 41.5 Å². The Morgan fingerprint density at radius 2 is 1.90 bits per heavy atom. The van der Waals surface area contributed by atoms with Crippen LogP contribution in [-0.4, -0.2) is 30.4 Å². The van der Waals surface area contributed by atoms with Gasteiger partial charge >= 0.3 is 0 Å². The number of benzene rings is 1. The molecule has 1 saturated heterocycles. The van der Waals surface area contributed by atoms with E-state index in [4.69, 9.17) is 5.73 Å². The molecule has 0 bridgehead atoms. The Hall–Kier alpha value is -1.75. The van der Waals surface area contributed by atoms with Crippen LogP contribution in [0.4, 0.5) is 8.78 Å². The van der Waals surface area contributed by atoms with Crippen LogP contribution >= 0.6 is 0 Å². The first-order valence-electron chi connectivity index (χ1n) is 6.73. The molecule has 2 N–H and O–H groups in total. The third kappa shape index (κ3) is 3.42. The number of rotatable bonds is 3. The molecule has 1 amide bonds. The van der Waals surface area contributed by atoms with Gasteiger partial charge in [0.1, 0.15) is 11.6 Å². The summed E-state index contributed by atoms with van der Waals surface area (Å²) < 4.78 is 26.8. The molecule has 5 heteroatoms. The minimum Gasteiger partial charge on any atom is -0.339 e. The summed E-state index contributed by atoms with van der Waals surface area (Å²) in [6.07, 6.45) is 4.18. The van der Waals surface area contributed by atoms with Crippen molar-refractivity contribution in [2.45, 2.75) is 12.8 Å². The minimum atomic E-state index is -0.670. The van der Waals surface area contributed by atoms with Gasteiger partial charge in [-0.2, -0.15) is 0 Å². The molecule has 0 aromatic heterocycles. The molecule has 0 saturated carbocycles. The number of hydrogen-bond donors (Lipinski definition) is 1. The number of carbonyl (C=O) groups is 1. The van der Waals surface area contributed by atoms with Gasteiger partial charge in [0.25, 0.3) is 0 Å². The first kappa shape index (κ1) is 14.7. The molecule has 0 unspecified atom stereocenters. The van der Waals surface area contributed by atoms with Crippen molar-refractivity contribution >= 4 is 12.0 Å². The molecule has 3 nitrogen and oxygen atoms in total. The number of nitrogens with zero attached hydrogens (tertiary/aromatic N) is 1. The minimum absolute atomic E-state index is 0.183.